The van der Waals surface area contributed by atoms with E-state index in [0.717, 1.165) is 42.8 Å². The molecule has 2 aromatic rings. The zero-order chi connectivity index (χ0) is 15.0. The molecule has 2 rings (SSSR count). The summed E-state index contributed by atoms with van der Waals surface area (Å²) < 4.78 is 2.04. The van der Waals surface area contributed by atoms with Crippen LogP contribution in [0.1, 0.15) is 33.1 Å². The standard InChI is InChI=1S/C12H19N5O.C2H6/c1-16(2)11-10-12(14-8-13-11)17(9-15-10)6-4-3-5-7-18;1-2/h8-9,18H,3-7H2,1-2H3;1-2H3. The first-order valence-corrected chi connectivity index (χ1v) is 7.18. The monoisotopic (exact) mass is 279 g/mol. The van der Waals surface area contributed by atoms with Gasteiger partial charge in [0.2, 0.25) is 0 Å². The van der Waals surface area contributed by atoms with Gasteiger partial charge >= 0.3 is 0 Å². The van der Waals surface area contributed by atoms with Crippen molar-refractivity contribution < 1.29 is 5.11 Å². The maximum absolute atomic E-state index is 8.75. The number of hydrogen-bond acceptors (Lipinski definition) is 5. The lowest BCUT2D eigenvalue weighted by Crippen LogP contribution is -2.11. The van der Waals surface area contributed by atoms with Gasteiger partial charge in [-0.25, -0.2) is 15.0 Å². The first-order valence-electron chi connectivity index (χ1n) is 7.18. The zero-order valence-corrected chi connectivity index (χ0v) is 12.9. The molecule has 0 unspecified atom stereocenters. The molecule has 0 atom stereocenters. The summed E-state index contributed by atoms with van der Waals surface area (Å²) in [6.45, 7) is 5.14. The molecule has 0 amide bonds. The van der Waals surface area contributed by atoms with Crippen LogP contribution in [0.2, 0.25) is 0 Å². The summed E-state index contributed by atoms with van der Waals surface area (Å²) >= 11 is 0. The lowest BCUT2D eigenvalue weighted by molar-refractivity contribution is 0.282. The SMILES string of the molecule is CC.CN(C)c1ncnc2c1ncn2CCCCCO. The van der Waals surface area contributed by atoms with Crippen molar-refractivity contribution in [3.8, 4) is 0 Å². The topological polar surface area (TPSA) is 67.1 Å². The fourth-order valence-electron chi connectivity index (χ4n) is 1.93. The molecule has 0 radical (unpaired) electrons. The molecule has 6 heteroatoms. The van der Waals surface area contributed by atoms with E-state index in [4.69, 9.17) is 5.11 Å². The van der Waals surface area contributed by atoms with Crippen LogP contribution in [-0.2, 0) is 6.54 Å². The number of hydrogen-bond donors (Lipinski definition) is 1. The summed E-state index contributed by atoms with van der Waals surface area (Å²) in [5, 5.41) is 8.75. The van der Waals surface area contributed by atoms with Gasteiger partial charge in [-0.05, 0) is 19.3 Å². The Hall–Kier alpha value is -1.69. The highest BCUT2D eigenvalue weighted by Gasteiger charge is 2.10. The Morgan fingerprint density at radius 1 is 1.10 bits per heavy atom. The summed E-state index contributed by atoms with van der Waals surface area (Å²) in [5.74, 6) is 0.842. The number of aryl methyl sites for hydroxylation is 1. The molecule has 112 valence electrons. The Morgan fingerprint density at radius 2 is 1.85 bits per heavy atom. The van der Waals surface area contributed by atoms with Gasteiger partial charge in [0, 0.05) is 27.2 Å². The van der Waals surface area contributed by atoms with Gasteiger partial charge < -0.3 is 14.6 Å². The second-order valence-electron chi connectivity index (χ2n) is 4.49. The summed E-state index contributed by atoms with van der Waals surface area (Å²) in [5.41, 5.74) is 1.71. The number of anilines is 1. The van der Waals surface area contributed by atoms with Gasteiger partial charge in [-0.2, -0.15) is 0 Å². The summed E-state index contributed by atoms with van der Waals surface area (Å²) in [6.07, 6.45) is 6.27. The number of aliphatic hydroxyl groups excluding tert-OH is 1. The Morgan fingerprint density at radius 3 is 2.50 bits per heavy atom. The molecule has 6 nitrogen and oxygen atoms in total. The second-order valence-corrected chi connectivity index (χ2v) is 4.49. The molecule has 2 aromatic heterocycles. The zero-order valence-electron chi connectivity index (χ0n) is 12.9. The van der Waals surface area contributed by atoms with Crippen LogP contribution in [0.4, 0.5) is 5.82 Å². The van der Waals surface area contributed by atoms with E-state index >= 15 is 0 Å². The van der Waals surface area contributed by atoms with Crippen LogP contribution in [0.3, 0.4) is 0 Å². The molecule has 0 bridgehead atoms. The average molecular weight is 279 g/mol. The van der Waals surface area contributed by atoms with Crippen molar-refractivity contribution in [1.29, 1.82) is 0 Å². The molecular weight excluding hydrogens is 254 g/mol. The highest BCUT2D eigenvalue weighted by Crippen LogP contribution is 2.19. The van der Waals surface area contributed by atoms with Crippen LogP contribution < -0.4 is 4.90 Å². The molecule has 0 aliphatic rings. The molecule has 20 heavy (non-hydrogen) atoms. The van der Waals surface area contributed by atoms with Gasteiger partial charge in [0.05, 0.1) is 6.33 Å². The highest BCUT2D eigenvalue weighted by atomic mass is 16.2. The molecule has 0 aromatic carbocycles. The van der Waals surface area contributed by atoms with Crippen molar-refractivity contribution in [2.75, 3.05) is 25.6 Å². The van der Waals surface area contributed by atoms with E-state index in [1.54, 1.807) is 6.33 Å². The number of aliphatic hydroxyl groups is 1. The van der Waals surface area contributed by atoms with Crippen LogP contribution in [0.15, 0.2) is 12.7 Å². The third kappa shape index (κ3) is 3.90. The highest BCUT2D eigenvalue weighted by molar-refractivity contribution is 5.82. The van der Waals surface area contributed by atoms with Crippen LogP contribution >= 0.6 is 0 Å². The van der Waals surface area contributed by atoms with Crippen molar-refractivity contribution in [2.45, 2.75) is 39.7 Å². The molecule has 0 fully saturated rings. The van der Waals surface area contributed by atoms with Gasteiger partial charge in [0.15, 0.2) is 17.0 Å². The third-order valence-electron chi connectivity index (χ3n) is 2.86. The largest absolute Gasteiger partial charge is 0.396 e. The van der Waals surface area contributed by atoms with E-state index in [0.29, 0.717) is 0 Å². The van der Waals surface area contributed by atoms with Crippen molar-refractivity contribution in [3.05, 3.63) is 12.7 Å². The maximum atomic E-state index is 8.75. The number of aromatic nitrogens is 4. The normalized spacial score (nSPS) is 10.2. The van der Waals surface area contributed by atoms with Gasteiger partial charge in [0.25, 0.3) is 0 Å². The number of imidazole rings is 1. The van der Waals surface area contributed by atoms with Crippen LogP contribution in [0.25, 0.3) is 11.2 Å². The third-order valence-corrected chi connectivity index (χ3v) is 2.86. The van der Waals surface area contributed by atoms with E-state index in [9.17, 15) is 0 Å². The van der Waals surface area contributed by atoms with E-state index in [1.165, 1.54) is 0 Å². The lowest BCUT2D eigenvalue weighted by Gasteiger charge is -2.10. The smallest absolute Gasteiger partial charge is 0.165 e. The molecule has 0 aliphatic heterocycles. The Bertz CT molecular complexity index is 509. The summed E-state index contributed by atoms with van der Waals surface area (Å²) in [4.78, 5) is 14.9. The second kappa shape index (κ2) is 8.47. The minimum atomic E-state index is 0.262. The molecular formula is C14H25N5O. The molecule has 2 heterocycles. The van der Waals surface area contributed by atoms with Gasteiger partial charge in [-0.15, -0.1) is 0 Å². The lowest BCUT2D eigenvalue weighted by atomic mass is 10.2. The predicted molar refractivity (Wildman–Crippen MR) is 81.9 cm³/mol. The van der Waals surface area contributed by atoms with E-state index < -0.39 is 0 Å². The van der Waals surface area contributed by atoms with E-state index in [-0.39, 0.29) is 6.61 Å². The summed E-state index contributed by atoms with van der Waals surface area (Å²) in [6, 6.07) is 0. The fourth-order valence-corrected chi connectivity index (χ4v) is 1.93. The minimum Gasteiger partial charge on any atom is -0.396 e. The maximum Gasteiger partial charge on any atom is 0.165 e. The fraction of sp³-hybridized carbons (Fsp3) is 0.643. The van der Waals surface area contributed by atoms with E-state index in [1.807, 2.05) is 43.7 Å². The molecule has 1 N–H and O–H groups in total. The van der Waals surface area contributed by atoms with Crippen molar-refractivity contribution in [1.82, 2.24) is 19.5 Å². The first kappa shape index (κ1) is 16.4. The van der Waals surface area contributed by atoms with Gasteiger partial charge in [0.1, 0.15) is 6.33 Å². The van der Waals surface area contributed by atoms with Crippen molar-refractivity contribution >= 4 is 17.0 Å². The van der Waals surface area contributed by atoms with Gasteiger partial charge in [-0.1, -0.05) is 13.8 Å². The average Bonchev–Trinajstić information content (AvgIpc) is 2.89. The molecule has 0 aliphatic carbocycles. The van der Waals surface area contributed by atoms with Crippen molar-refractivity contribution in [3.63, 3.8) is 0 Å². The van der Waals surface area contributed by atoms with Crippen molar-refractivity contribution in [2.24, 2.45) is 0 Å². The molecule has 0 saturated heterocycles. The van der Waals surface area contributed by atoms with Crippen LogP contribution in [-0.4, -0.2) is 45.3 Å². The number of unbranched alkanes of at least 4 members (excludes halogenated alkanes) is 2. The summed E-state index contributed by atoms with van der Waals surface area (Å²) in [7, 11) is 3.89. The first-order chi connectivity index (χ1) is 9.74. The Kier molecular flexibility index (Phi) is 6.93. The number of fused-ring (bicyclic) bond motifs is 1. The number of nitrogens with zero attached hydrogens (tertiary/aromatic N) is 5. The van der Waals surface area contributed by atoms with Gasteiger partial charge in [-0.3, -0.25) is 0 Å². The van der Waals surface area contributed by atoms with E-state index in [2.05, 4.69) is 15.0 Å². The molecule has 0 saturated carbocycles. The minimum absolute atomic E-state index is 0.262. The predicted octanol–water partition coefficient (Wildman–Crippen LogP) is 2.08. The van der Waals surface area contributed by atoms with Crippen LogP contribution in [0, 0.1) is 0 Å². The Balaban J connectivity index is 0.000000956. The molecule has 0 spiro atoms. The van der Waals surface area contributed by atoms with Crippen LogP contribution in [0.5, 0.6) is 0 Å². The number of rotatable bonds is 6. The quantitative estimate of drug-likeness (QED) is 0.820. The Labute approximate surface area is 120 Å².